The highest BCUT2D eigenvalue weighted by molar-refractivity contribution is 9.10. The van der Waals surface area contributed by atoms with Crippen LogP contribution in [0.2, 0.25) is 0 Å². The Bertz CT molecular complexity index is 1240. The van der Waals surface area contributed by atoms with Crippen LogP contribution in [0.5, 0.6) is 17.2 Å². The first-order valence-corrected chi connectivity index (χ1v) is 11.7. The summed E-state index contributed by atoms with van der Waals surface area (Å²) >= 11 is 3.36. The molecule has 0 radical (unpaired) electrons. The van der Waals surface area contributed by atoms with E-state index in [1.165, 1.54) is 13.3 Å². The maximum absolute atomic E-state index is 12.5. The van der Waals surface area contributed by atoms with Gasteiger partial charge in [0.2, 0.25) is 0 Å². The lowest BCUT2D eigenvalue weighted by atomic mass is 10.2. The summed E-state index contributed by atoms with van der Waals surface area (Å²) in [7, 11) is 1.54. The van der Waals surface area contributed by atoms with E-state index in [2.05, 4.69) is 31.8 Å². The molecule has 0 bridgehead atoms. The number of ether oxygens (including phenoxy) is 3. The van der Waals surface area contributed by atoms with Crippen LogP contribution in [0.4, 0.5) is 0 Å². The van der Waals surface area contributed by atoms with Gasteiger partial charge in [0.1, 0.15) is 17.2 Å². The van der Waals surface area contributed by atoms with Gasteiger partial charge in [0.25, 0.3) is 11.8 Å². The lowest BCUT2D eigenvalue weighted by Crippen LogP contribution is -2.34. The Kier molecular flexibility index (Phi) is 9.58. The van der Waals surface area contributed by atoms with Crippen molar-refractivity contribution >= 4 is 39.9 Å². The maximum Gasteiger partial charge on any atom is 0.343 e. The number of nitrogens with zero attached hydrogens (tertiary/aromatic N) is 1. The number of nitrogens with one attached hydrogen (secondary N) is 2. The topological polar surface area (TPSA) is 115 Å². The minimum Gasteiger partial charge on any atom is -0.497 e. The summed E-state index contributed by atoms with van der Waals surface area (Å²) in [6.07, 6.45) is 1.34. The summed E-state index contributed by atoms with van der Waals surface area (Å²) in [5.74, 6) is 0.0304. The van der Waals surface area contributed by atoms with E-state index in [9.17, 15) is 14.4 Å². The van der Waals surface area contributed by atoms with Crippen LogP contribution in [0.15, 0.2) is 76.3 Å². The molecule has 0 saturated heterocycles. The van der Waals surface area contributed by atoms with Crippen molar-refractivity contribution in [3.63, 3.8) is 0 Å². The Morgan fingerprint density at radius 2 is 1.61 bits per heavy atom. The molecule has 0 aromatic heterocycles. The molecule has 9 nitrogen and oxygen atoms in total. The van der Waals surface area contributed by atoms with Gasteiger partial charge < -0.3 is 19.5 Å². The Morgan fingerprint density at radius 1 is 0.944 bits per heavy atom. The molecule has 0 aliphatic heterocycles. The number of benzene rings is 3. The summed E-state index contributed by atoms with van der Waals surface area (Å²) in [5.41, 5.74) is 3.52. The Balaban J connectivity index is 1.56. The zero-order valence-corrected chi connectivity index (χ0v) is 21.2. The van der Waals surface area contributed by atoms with Crippen LogP contribution < -0.4 is 25.0 Å². The van der Waals surface area contributed by atoms with Crippen LogP contribution in [0.1, 0.15) is 33.2 Å². The average Bonchev–Trinajstić information content (AvgIpc) is 2.89. The third kappa shape index (κ3) is 7.67. The monoisotopic (exact) mass is 553 g/mol. The smallest absolute Gasteiger partial charge is 0.343 e. The fourth-order valence-electron chi connectivity index (χ4n) is 2.94. The summed E-state index contributed by atoms with van der Waals surface area (Å²) < 4.78 is 16.7. The first kappa shape index (κ1) is 26.4. The van der Waals surface area contributed by atoms with Crippen molar-refractivity contribution in [2.75, 3.05) is 20.3 Å². The Labute approximate surface area is 216 Å². The number of hydrogen-bond donors (Lipinski definition) is 2. The van der Waals surface area contributed by atoms with E-state index in [1.54, 1.807) is 66.7 Å². The number of hydrazone groups is 1. The normalized spacial score (nSPS) is 10.5. The first-order chi connectivity index (χ1) is 17.4. The second-order valence-electron chi connectivity index (χ2n) is 7.23. The van der Waals surface area contributed by atoms with E-state index in [-0.39, 0.29) is 12.3 Å². The van der Waals surface area contributed by atoms with Gasteiger partial charge in [-0.3, -0.25) is 9.59 Å². The lowest BCUT2D eigenvalue weighted by molar-refractivity contribution is -0.120. The minimum absolute atomic E-state index is 0.251. The highest BCUT2D eigenvalue weighted by Crippen LogP contribution is 2.23. The van der Waals surface area contributed by atoms with Gasteiger partial charge >= 0.3 is 5.97 Å². The summed E-state index contributed by atoms with van der Waals surface area (Å²) in [5, 5.41) is 6.43. The number of hydrogen-bond acceptors (Lipinski definition) is 7. The predicted molar refractivity (Wildman–Crippen MR) is 138 cm³/mol. The zero-order chi connectivity index (χ0) is 25.9. The molecular weight excluding hydrogens is 530 g/mol. The summed E-state index contributed by atoms with van der Waals surface area (Å²) in [6, 6.07) is 18.1. The first-order valence-electron chi connectivity index (χ1n) is 10.9. The largest absolute Gasteiger partial charge is 0.497 e. The Hall–Kier alpha value is -4.18. The molecule has 2 N–H and O–H groups in total. The third-order valence-corrected chi connectivity index (χ3v) is 5.22. The van der Waals surface area contributed by atoms with Crippen LogP contribution in [-0.2, 0) is 4.79 Å². The molecule has 3 aromatic carbocycles. The number of halogens is 1. The van der Waals surface area contributed by atoms with Crippen LogP contribution in [0.3, 0.4) is 0 Å². The number of esters is 1. The average molecular weight is 554 g/mol. The van der Waals surface area contributed by atoms with E-state index in [0.29, 0.717) is 34.8 Å². The standard InChI is InChI=1S/C26H24BrN3O6/c1-3-35-22-11-4-17(5-12-22)25(32)28-16-24(31)30-29-15-19-14-20(27)8-13-23(19)36-26(33)18-6-9-21(34-2)10-7-18/h4-15H,3,16H2,1-2H3,(H,28,32)(H,30,31)/b29-15-. The molecule has 2 amide bonds. The molecule has 0 fully saturated rings. The molecule has 3 rings (SSSR count). The highest BCUT2D eigenvalue weighted by Gasteiger charge is 2.12. The molecule has 0 saturated carbocycles. The van der Waals surface area contributed by atoms with Gasteiger partial charge in [-0.2, -0.15) is 5.10 Å². The molecule has 0 spiro atoms. The molecular formula is C26H24BrN3O6. The Morgan fingerprint density at radius 3 is 2.28 bits per heavy atom. The van der Waals surface area contributed by atoms with Gasteiger partial charge in [-0.05, 0) is 73.7 Å². The van der Waals surface area contributed by atoms with Crippen LogP contribution >= 0.6 is 15.9 Å². The predicted octanol–water partition coefficient (Wildman–Crippen LogP) is 3.96. The van der Waals surface area contributed by atoms with Gasteiger partial charge in [0.05, 0.1) is 32.0 Å². The molecule has 10 heteroatoms. The van der Waals surface area contributed by atoms with Gasteiger partial charge in [0, 0.05) is 15.6 Å². The lowest BCUT2D eigenvalue weighted by Gasteiger charge is -2.09. The van der Waals surface area contributed by atoms with E-state index in [0.717, 1.165) is 4.47 Å². The number of rotatable bonds is 10. The van der Waals surface area contributed by atoms with Crippen LogP contribution in [-0.4, -0.2) is 44.3 Å². The van der Waals surface area contributed by atoms with E-state index >= 15 is 0 Å². The SMILES string of the molecule is CCOc1ccc(C(=O)NCC(=O)N/N=C\c2cc(Br)ccc2OC(=O)c2ccc(OC)cc2)cc1. The van der Waals surface area contributed by atoms with E-state index < -0.39 is 17.8 Å². The molecule has 0 heterocycles. The minimum atomic E-state index is -0.560. The second kappa shape index (κ2) is 13.1. The molecule has 36 heavy (non-hydrogen) atoms. The van der Waals surface area contributed by atoms with Gasteiger partial charge in [-0.25, -0.2) is 10.2 Å². The van der Waals surface area contributed by atoms with Gasteiger partial charge in [0.15, 0.2) is 0 Å². The van der Waals surface area contributed by atoms with Crippen LogP contribution in [0.25, 0.3) is 0 Å². The van der Waals surface area contributed by atoms with E-state index in [4.69, 9.17) is 14.2 Å². The fourth-order valence-corrected chi connectivity index (χ4v) is 3.32. The van der Waals surface area contributed by atoms with Crippen molar-refractivity contribution in [2.45, 2.75) is 6.92 Å². The van der Waals surface area contributed by atoms with Crippen molar-refractivity contribution in [1.82, 2.24) is 10.7 Å². The van der Waals surface area contributed by atoms with Crippen molar-refractivity contribution in [3.05, 3.63) is 87.9 Å². The summed E-state index contributed by atoms with van der Waals surface area (Å²) in [6.45, 7) is 2.12. The highest BCUT2D eigenvalue weighted by atomic mass is 79.9. The molecule has 0 aliphatic rings. The summed E-state index contributed by atoms with van der Waals surface area (Å²) in [4.78, 5) is 36.8. The maximum atomic E-state index is 12.5. The van der Waals surface area contributed by atoms with Crippen LogP contribution in [0, 0.1) is 0 Å². The van der Waals surface area contributed by atoms with Gasteiger partial charge in [-0.15, -0.1) is 0 Å². The molecule has 0 unspecified atom stereocenters. The number of carbonyl (C=O) groups is 3. The molecule has 0 atom stereocenters. The second-order valence-corrected chi connectivity index (χ2v) is 8.15. The fraction of sp³-hybridized carbons (Fsp3) is 0.154. The molecule has 186 valence electrons. The van der Waals surface area contributed by atoms with Crippen molar-refractivity contribution in [3.8, 4) is 17.2 Å². The van der Waals surface area contributed by atoms with Crippen molar-refractivity contribution < 1.29 is 28.6 Å². The number of amides is 2. The van der Waals surface area contributed by atoms with Crippen molar-refractivity contribution in [2.24, 2.45) is 5.10 Å². The van der Waals surface area contributed by atoms with E-state index in [1.807, 2.05) is 6.92 Å². The molecule has 3 aromatic rings. The molecule has 0 aliphatic carbocycles. The third-order valence-electron chi connectivity index (χ3n) is 4.73. The number of carbonyl (C=O) groups excluding carboxylic acids is 3. The number of methoxy groups -OCH3 is 1. The van der Waals surface area contributed by atoms with Crippen molar-refractivity contribution in [1.29, 1.82) is 0 Å². The zero-order valence-electron chi connectivity index (χ0n) is 19.6. The quantitative estimate of drug-likeness (QED) is 0.170. The van der Waals surface area contributed by atoms with Gasteiger partial charge in [-0.1, -0.05) is 15.9 Å².